The van der Waals surface area contributed by atoms with E-state index in [0.29, 0.717) is 19.3 Å². The second-order valence-electron chi connectivity index (χ2n) is 12.9. The van der Waals surface area contributed by atoms with Gasteiger partial charge in [0.25, 0.3) is 0 Å². The maximum absolute atomic E-state index is 13.3. The van der Waals surface area contributed by atoms with Gasteiger partial charge in [-0.25, -0.2) is 14.4 Å². The van der Waals surface area contributed by atoms with Crippen LogP contribution >= 0.6 is 0 Å². The van der Waals surface area contributed by atoms with Gasteiger partial charge in [0, 0.05) is 29.7 Å². The van der Waals surface area contributed by atoms with Crippen molar-refractivity contribution in [2.45, 2.75) is 96.6 Å². The predicted octanol–water partition coefficient (Wildman–Crippen LogP) is 2.12. The van der Waals surface area contributed by atoms with Crippen LogP contribution in [0.25, 0.3) is 0 Å². The number of allylic oxidation sites excluding steroid dienone is 1. The Bertz CT molecular complexity index is 1220. The van der Waals surface area contributed by atoms with Gasteiger partial charge in [0.1, 0.15) is 23.4 Å². The van der Waals surface area contributed by atoms with Crippen LogP contribution in [-0.2, 0) is 42.9 Å². The summed E-state index contributed by atoms with van der Waals surface area (Å²) in [7, 11) is 0. The molecule has 0 bridgehead atoms. The summed E-state index contributed by atoms with van der Waals surface area (Å²) in [5.74, 6) is -2.60. The first-order valence-electron chi connectivity index (χ1n) is 13.2. The van der Waals surface area contributed by atoms with E-state index in [0.717, 1.165) is 0 Å². The fraction of sp³-hybridized carbons (Fsp3) is 0.714. The van der Waals surface area contributed by atoms with Crippen molar-refractivity contribution in [3.63, 3.8) is 0 Å². The summed E-state index contributed by atoms with van der Waals surface area (Å²) in [4.78, 5) is 51.0. The van der Waals surface area contributed by atoms with E-state index in [2.05, 4.69) is 6.92 Å². The molecule has 0 aromatic heterocycles. The number of rotatable bonds is 2. The molecule has 38 heavy (non-hydrogen) atoms. The van der Waals surface area contributed by atoms with Gasteiger partial charge in [-0.2, -0.15) is 0 Å². The summed E-state index contributed by atoms with van der Waals surface area (Å²) in [6.45, 7) is 11.2. The SMILES string of the molecule is CC(=O)O[C@@H]1C[C@H]2C(C)(C)OC(=O)C=C[C@]2(C)[C@H]2CC[C@@]3(C)[C@H](C4=CC(O)OC4=O)OC(=O)[C@H]4O[C@]43[C@@]21C. The lowest BCUT2D eigenvalue weighted by Crippen LogP contribution is -2.73. The Morgan fingerprint density at radius 3 is 2.39 bits per heavy atom. The quantitative estimate of drug-likeness (QED) is 0.321. The largest absolute Gasteiger partial charge is 0.462 e. The fourth-order valence-electron chi connectivity index (χ4n) is 9.31. The molecule has 10 atom stereocenters. The third kappa shape index (κ3) is 2.90. The molecule has 4 fully saturated rings. The molecule has 0 aromatic rings. The van der Waals surface area contributed by atoms with Crippen LogP contribution in [0.15, 0.2) is 23.8 Å². The highest BCUT2D eigenvalue weighted by molar-refractivity contribution is 5.94. The Balaban J connectivity index is 1.54. The molecule has 10 heteroatoms. The topological polar surface area (TPSA) is 138 Å². The smallest absolute Gasteiger partial charge is 0.340 e. The van der Waals surface area contributed by atoms with Crippen molar-refractivity contribution in [1.82, 2.24) is 0 Å². The van der Waals surface area contributed by atoms with Crippen molar-refractivity contribution < 1.29 is 48.0 Å². The van der Waals surface area contributed by atoms with E-state index < -0.39 is 75.9 Å². The van der Waals surface area contributed by atoms with Gasteiger partial charge in [-0.15, -0.1) is 0 Å². The summed E-state index contributed by atoms with van der Waals surface area (Å²) < 4.78 is 29.1. The third-order valence-electron chi connectivity index (χ3n) is 10.7. The molecule has 2 aliphatic carbocycles. The molecule has 1 unspecified atom stereocenters. The van der Waals surface area contributed by atoms with Crippen LogP contribution in [0.5, 0.6) is 0 Å². The van der Waals surface area contributed by atoms with E-state index in [1.807, 2.05) is 33.8 Å². The van der Waals surface area contributed by atoms with Crippen LogP contribution in [-0.4, -0.2) is 64.8 Å². The molecule has 4 heterocycles. The number of aliphatic hydroxyl groups excluding tert-OH is 1. The molecule has 6 rings (SSSR count). The Labute approximate surface area is 220 Å². The van der Waals surface area contributed by atoms with Gasteiger partial charge in [0.15, 0.2) is 6.10 Å². The van der Waals surface area contributed by atoms with E-state index in [1.54, 1.807) is 0 Å². The molecular formula is C28H34O10. The summed E-state index contributed by atoms with van der Waals surface area (Å²) >= 11 is 0. The van der Waals surface area contributed by atoms with Crippen molar-refractivity contribution in [2.24, 2.45) is 28.1 Å². The zero-order valence-corrected chi connectivity index (χ0v) is 22.4. The second-order valence-corrected chi connectivity index (χ2v) is 12.9. The van der Waals surface area contributed by atoms with Gasteiger partial charge in [-0.05, 0) is 50.5 Å². The summed E-state index contributed by atoms with van der Waals surface area (Å²) in [6, 6.07) is 0. The van der Waals surface area contributed by atoms with E-state index in [4.69, 9.17) is 23.7 Å². The highest BCUT2D eigenvalue weighted by Crippen LogP contribution is 2.78. The number of ether oxygens (including phenoxy) is 5. The van der Waals surface area contributed by atoms with Gasteiger partial charge in [-0.1, -0.05) is 26.8 Å². The number of hydrogen-bond donors (Lipinski definition) is 1. The molecule has 206 valence electrons. The predicted molar refractivity (Wildman–Crippen MR) is 128 cm³/mol. The van der Waals surface area contributed by atoms with Crippen LogP contribution < -0.4 is 0 Å². The van der Waals surface area contributed by atoms with Gasteiger partial charge < -0.3 is 28.8 Å². The third-order valence-corrected chi connectivity index (χ3v) is 10.7. The fourth-order valence-corrected chi connectivity index (χ4v) is 9.31. The average molecular weight is 531 g/mol. The van der Waals surface area contributed by atoms with Crippen LogP contribution in [0.1, 0.15) is 60.8 Å². The van der Waals surface area contributed by atoms with Gasteiger partial charge in [-0.3, -0.25) is 4.79 Å². The van der Waals surface area contributed by atoms with E-state index >= 15 is 0 Å². The van der Waals surface area contributed by atoms with E-state index in [1.165, 1.54) is 19.1 Å². The van der Waals surface area contributed by atoms with Crippen molar-refractivity contribution in [3.8, 4) is 0 Å². The minimum Gasteiger partial charge on any atom is -0.462 e. The molecule has 0 aromatic carbocycles. The number of aliphatic hydroxyl groups is 1. The number of carbonyl (C=O) groups excluding carboxylic acids is 4. The highest BCUT2D eigenvalue weighted by Gasteiger charge is 2.88. The molecule has 2 saturated carbocycles. The van der Waals surface area contributed by atoms with Crippen molar-refractivity contribution in [2.75, 3.05) is 0 Å². The van der Waals surface area contributed by atoms with E-state index in [9.17, 15) is 24.3 Å². The maximum Gasteiger partial charge on any atom is 0.340 e. The second kappa shape index (κ2) is 7.47. The standard InChI is InChI=1S/C28H34O10/c1-13(29)34-17-12-16-24(2,3)37-18(30)8-9-25(16,4)15-7-10-26(5)20(14-11-19(31)35-22(14)32)36-23(33)21-28(26,38-21)27(15,17)6/h8-9,11,15-17,19-21,31H,7,10,12H2,1-6H3/t15-,16+,17-,19?,20+,21-,25-,26+,27+,28-/m1/s1. The summed E-state index contributed by atoms with van der Waals surface area (Å²) in [5.41, 5.74) is -4.23. The van der Waals surface area contributed by atoms with Crippen LogP contribution in [0.3, 0.4) is 0 Å². The summed E-state index contributed by atoms with van der Waals surface area (Å²) in [5, 5.41) is 9.97. The lowest BCUT2D eigenvalue weighted by molar-refractivity contribution is -0.253. The number of cyclic esters (lactones) is 3. The van der Waals surface area contributed by atoms with Crippen molar-refractivity contribution >= 4 is 23.9 Å². The monoisotopic (exact) mass is 530 g/mol. The van der Waals surface area contributed by atoms with Gasteiger partial charge in [0.05, 0.1) is 5.57 Å². The first-order chi connectivity index (χ1) is 17.6. The van der Waals surface area contributed by atoms with E-state index in [-0.39, 0.29) is 17.4 Å². The maximum atomic E-state index is 13.3. The Kier molecular flexibility index (Phi) is 5.02. The van der Waals surface area contributed by atoms with Crippen molar-refractivity contribution in [3.05, 3.63) is 23.8 Å². The molecule has 0 amide bonds. The van der Waals surface area contributed by atoms with Gasteiger partial charge >= 0.3 is 23.9 Å². The molecule has 4 aliphatic heterocycles. The molecule has 10 nitrogen and oxygen atoms in total. The average Bonchev–Trinajstić information content (AvgIpc) is 3.51. The minimum atomic E-state index is -1.42. The molecular weight excluding hydrogens is 496 g/mol. The Morgan fingerprint density at radius 2 is 1.76 bits per heavy atom. The highest BCUT2D eigenvalue weighted by atomic mass is 16.7. The van der Waals surface area contributed by atoms with Gasteiger partial charge in [0.2, 0.25) is 6.29 Å². The van der Waals surface area contributed by atoms with Crippen molar-refractivity contribution in [1.29, 1.82) is 0 Å². The molecule has 1 spiro atoms. The normalized spacial score (nSPS) is 50.1. The van der Waals surface area contributed by atoms with Crippen LogP contribution in [0, 0.1) is 28.1 Å². The minimum absolute atomic E-state index is 0.0853. The summed E-state index contributed by atoms with van der Waals surface area (Å²) in [6.07, 6.45) is 2.18. The zero-order chi connectivity index (χ0) is 27.6. The number of esters is 4. The first kappa shape index (κ1) is 25.6. The first-order valence-corrected chi connectivity index (χ1v) is 13.2. The van der Waals surface area contributed by atoms with Crippen LogP contribution in [0.2, 0.25) is 0 Å². The number of hydrogen-bond acceptors (Lipinski definition) is 10. The van der Waals surface area contributed by atoms with Crippen LogP contribution in [0.4, 0.5) is 0 Å². The Hall–Kier alpha value is -2.72. The lowest BCUT2D eigenvalue weighted by atomic mass is 9.37. The Morgan fingerprint density at radius 1 is 1.05 bits per heavy atom. The molecule has 1 N–H and O–H groups in total. The lowest BCUT2D eigenvalue weighted by Gasteiger charge is -2.67. The number of epoxide rings is 1. The molecule has 2 saturated heterocycles. The zero-order valence-electron chi connectivity index (χ0n) is 22.4. The molecule has 0 radical (unpaired) electrons. The number of fused-ring (bicyclic) bond motifs is 3. The molecule has 6 aliphatic rings. The number of carbonyl (C=O) groups is 4.